The van der Waals surface area contributed by atoms with Gasteiger partial charge in [0.15, 0.2) is 0 Å². The molecule has 1 unspecified atom stereocenters. The third-order valence-corrected chi connectivity index (χ3v) is 3.05. The average molecular weight is 196 g/mol. The van der Waals surface area contributed by atoms with Crippen molar-refractivity contribution in [1.82, 2.24) is 0 Å². The molecule has 1 atom stereocenters. The highest BCUT2D eigenvalue weighted by Crippen LogP contribution is 2.32. The molecule has 0 bridgehead atoms. The zero-order valence-electron chi connectivity index (χ0n) is 7.59. The van der Waals surface area contributed by atoms with Gasteiger partial charge in [-0.1, -0.05) is 30.2 Å². The van der Waals surface area contributed by atoms with Gasteiger partial charge >= 0.3 is 0 Å². The summed E-state index contributed by atoms with van der Waals surface area (Å²) in [7, 11) is 0. The highest BCUT2D eigenvalue weighted by Gasteiger charge is 2.17. The maximum Gasteiger partial charge on any atom is 0.0456 e. The molecule has 2 N–H and O–H groups in total. The van der Waals surface area contributed by atoms with Crippen LogP contribution >= 0.6 is 11.6 Å². The molecule has 13 heavy (non-hydrogen) atoms. The van der Waals surface area contributed by atoms with Crippen LogP contribution in [0.3, 0.4) is 0 Å². The molecule has 70 valence electrons. The van der Waals surface area contributed by atoms with E-state index in [4.69, 9.17) is 17.3 Å². The van der Waals surface area contributed by atoms with Crippen LogP contribution in [0.2, 0.25) is 5.02 Å². The van der Waals surface area contributed by atoms with Crippen molar-refractivity contribution in [2.75, 3.05) is 0 Å². The Hall–Kier alpha value is -0.530. The molecule has 1 aliphatic carbocycles. The van der Waals surface area contributed by atoms with E-state index in [1.165, 1.54) is 24.0 Å². The smallest absolute Gasteiger partial charge is 0.0456 e. The lowest BCUT2D eigenvalue weighted by molar-refractivity contribution is 0.615. The summed E-state index contributed by atoms with van der Waals surface area (Å²) < 4.78 is 0. The van der Waals surface area contributed by atoms with Crippen molar-refractivity contribution in [3.8, 4) is 0 Å². The Morgan fingerprint density at radius 1 is 1.31 bits per heavy atom. The van der Waals surface area contributed by atoms with Crippen LogP contribution in [0, 0.1) is 0 Å². The fourth-order valence-electron chi connectivity index (χ4n) is 2.04. The van der Waals surface area contributed by atoms with Gasteiger partial charge in [0.1, 0.15) is 0 Å². The van der Waals surface area contributed by atoms with E-state index in [1.54, 1.807) is 0 Å². The van der Waals surface area contributed by atoms with Gasteiger partial charge in [-0.15, -0.1) is 0 Å². The molecule has 0 fully saturated rings. The molecule has 0 saturated carbocycles. The highest BCUT2D eigenvalue weighted by atomic mass is 35.5. The second-order valence-corrected chi connectivity index (χ2v) is 4.07. The van der Waals surface area contributed by atoms with Crippen LogP contribution in [-0.4, -0.2) is 0 Å². The fraction of sp³-hybridized carbons (Fsp3) is 0.455. The molecule has 2 rings (SSSR count). The molecule has 0 radical (unpaired) electrons. The van der Waals surface area contributed by atoms with Gasteiger partial charge < -0.3 is 5.73 Å². The van der Waals surface area contributed by atoms with E-state index in [9.17, 15) is 0 Å². The molecule has 0 heterocycles. The SMILES string of the molecule is NC1CCCCc2cccc(Cl)c21. The monoisotopic (exact) mass is 195 g/mol. The topological polar surface area (TPSA) is 26.0 Å². The summed E-state index contributed by atoms with van der Waals surface area (Å²) in [6.45, 7) is 0. The molecule has 0 aromatic heterocycles. The zero-order chi connectivity index (χ0) is 9.26. The van der Waals surface area contributed by atoms with Crippen molar-refractivity contribution in [1.29, 1.82) is 0 Å². The van der Waals surface area contributed by atoms with E-state index in [0.29, 0.717) is 0 Å². The third kappa shape index (κ3) is 1.72. The number of hydrogen-bond donors (Lipinski definition) is 1. The van der Waals surface area contributed by atoms with Gasteiger partial charge in [-0.05, 0) is 36.5 Å². The quantitative estimate of drug-likeness (QED) is 0.633. The van der Waals surface area contributed by atoms with Crippen molar-refractivity contribution >= 4 is 11.6 Å². The number of benzene rings is 1. The highest BCUT2D eigenvalue weighted by molar-refractivity contribution is 6.31. The Balaban J connectivity index is 2.48. The van der Waals surface area contributed by atoms with Gasteiger partial charge in [-0.3, -0.25) is 0 Å². The van der Waals surface area contributed by atoms with Gasteiger partial charge in [0.2, 0.25) is 0 Å². The van der Waals surface area contributed by atoms with E-state index in [-0.39, 0.29) is 6.04 Å². The minimum absolute atomic E-state index is 0.145. The Bertz CT molecular complexity index is 309. The van der Waals surface area contributed by atoms with Crippen molar-refractivity contribution in [2.45, 2.75) is 31.7 Å². The van der Waals surface area contributed by atoms with E-state index < -0.39 is 0 Å². The lowest BCUT2D eigenvalue weighted by Crippen LogP contribution is -2.10. The van der Waals surface area contributed by atoms with Crippen LogP contribution in [0.1, 0.15) is 36.4 Å². The van der Waals surface area contributed by atoms with E-state index in [2.05, 4.69) is 6.07 Å². The van der Waals surface area contributed by atoms with Gasteiger partial charge in [0, 0.05) is 11.1 Å². The summed E-state index contributed by atoms with van der Waals surface area (Å²) >= 11 is 6.13. The summed E-state index contributed by atoms with van der Waals surface area (Å²) in [4.78, 5) is 0. The van der Waals surface area contributed by atoms with Gasteiger partial charge in [0.05, 0.1) is 0 Å². The Kier molecular flexibility index (Phi) is 2.56. The summed E-state index contributed by atoms with van der Waals surface area (Å²) in [5.41, 5.74) is 8.59. The molecular formula is C11H14ClN. The second kappa shape index (κ2) is 3.69. The summed E-state index contributed by atoms with van der Waals surface area (Å²) in [6, 6.07) is 6.24. The van der Waals surface area contributed by atoms with Gasteiger partial charge in [-0.2, -0.15) is 0 Å². The first kappa shape index (κ1) is 9.04. The summed E-state index contributed by atoms with van der Waals surface area (Å²) in [5, 5.41) is 0.840. The minimum atomic E-state index is 0.145. The Morgan fingerprint density at radius 2 is 2.15 bits per heavy atom. The molecule has 1 nitrogen and oxygen atoms in total. The molecule has 0 aliphatic heterocycles. The van der Waals surface area contributed by atoms with Crippen molar-refractivity contribution in [2.24, 2.45) is 5.73 Å². The average Bonchev–Trinajstić information content (AvgIpc) is 2.29. The number of halogens is 1. The molecule has 1 aliphatic rings. The van der Waals surface area contributed by atoms with E-state index in [0.717, 1.165) is 17.9 Å². The standard InChI is InChI=1S/C11H14ClN/c12-9-6-3-5-8-4-1-2-7-10(13)11(8)9/h3,5-6,10H,1-2,4,7,13H2. The van der Waals surface area contributed by atoms with Crippen LogP contribution < -0.4 is 5.73 Å². The first-order chi connectivity index (χ1) is 6.29. The molecular weight excluding hydrogens is 182 g/mol. The predicted octanol–water partition coefficient (Wildman–Crippen LogP) is 3.07. The van der Waals surface area contributed by atoms with Crippen LogP contribution in [0.5, 0.6) is 0 Å². The van der Waals surface area contributed by atoms with Crippen molar-refractivity contribution in [3.63, 3.8) is 0 Å². The zero-order valence-corrected chi connectivity index (χ0v) is 8.35. The maximum atomic E-state index is 6.13. The molecule has 0 amide bonds. The first-order valence-electron chi connectivity index (χ1n) is 4.82. The van der Waals surface area contributed by atoms with Crippen LogP contribution in [0.4, 0.5) is 0 Å². The van der Waals surface area contributed by atoms with Crippen LogP contribution in [-0.2, 0) is 6.42 Å². The van der Waals surface area contributed by atoms with Crippen LogP contribution in [0.15, 0.2) is 18.2 Å². The third-order valence-electron chi connectivity index (χ3n) is 2.73. The lowest BCUT2D eigenvalue weighted by Gasteiger charge is -2.13. The van der Waals surface area contributed by atoms with Gasteiger partial charge in [-0.25, -0.2) is 0 Å². The lowest BCUT2D eigenvalue weighted by atomic mass is 10.00. The number of hydrogen-bond acceptors (Lipinski definition) is 1. The number of nitrogens with two attached hydrogens (primary N) is 1. The van der Waals surface area contributed by atoms with E-state index in [1.807, 2.05) is 12.1 Å². The minimum Gasteiger partial charge on any atom is -0.324 e. The molecule has 0 spiro atoms. The second-order valence-electron chi connectivity index (χ2n) is 3.66. The molecule has 0 saturated heterocycles. The molecule has 1 aromatic carbocycles. The number of rotatable bonds is 0. The number of fused-ring (bicyclic) bond motifs is 1. The molecule has 2 heteroatoms. The van der Waals surface area contributed by atoms with E-state index >= 15 is 0 Å². The first-order valence-corrected chi connectivity index (χ1v) is 5.19. The van der Waals surface area contributed by atoms with Crippen molar-refractivity contribution in [3.05, 3.63) is 34.3 Å². The largest absolute Gasteiger partial charge is 0.324 e. The van der Waals surface area contributed by atoms with Crippen molar-refractivity contribution < 1.29 is 0 Å². The Labute approximate surface area is 83.9 Å². The fourth-order valence-corrected chi connectivity index (χ4v) is 2.37. The van der Waals surface area contributed by atoms with Gasteiger partial charge in [0.25, 0.3) is 0 Å². The number of aryl methyl sites for hydroxylation is 1. The normalized spacial score (nSPS) is 22.2. The summed E-state index contributed by atoms with van der Waals surface area (Å²) in [6.07, 6.45) is 4.65. The predicted molar refractivity (Wildman–Crippen MR) is 55.9 cm³/mol. The Morgan fingerprint density at radius 3 is 3.00 bits per heavy atom. The molecule has 1 aromatic rings. The summed E-state index contributed by atoms with van der Waals surface area (Å²) in [5.74, 6) is 0. The maximum absolute atomic E-state index is 6.13. The van der Waals surface area contributed by atoms with Crippen LogP contribution in [0.25, 0.3) is 0 Å².